The molecule has 1 unspecified atom stereocenters. The third-order valence-corrected chi connectivity index (χ3v) is 11.6. The standard InChI is InChI=1S/C55H100O6/c1-4-7-10-13-16-19-22-25-27-29-30-33-36-39-42-45-48-54(57)60-51-52(50-59-53(56)47-44-41-38-35-32-24-21-18-15-12-9-6-3)61-55(58)49-46-43-40-37-34-31-28-26-23-20-17-14-11-8-5-2/h9,12,18,21,27,29,52H,4-8,10-11,13-17,19-20,22-26,28,30-51H2,1-3H3/b12-9-,21-18-,29-27-. The molecule has 0 radical (unpaired) electrons. The first-order valence-electron chi connectivity index (χ1n) is 26.5. The number of ether oxygens (including phenoxy) is 3. The molecule has 0 heterocycles. The third-order valence-electron chi connectivity index (χ3n) is 11.6. The average Bonchev–Trinajstić information content (AvgIpc) is 3.26. The van der Waals surface area contributed by atoms with Crippen LogP contribution < -0.4 is 0 Å². The number of esters is 3. The first-order chi connectivity index (χ1) is 30.0. The van der Waals surface area contributed by atoms with E-state index in [1.54, 1.807) is 0 Å². The van der Waals surface area contributed by atoms with E-state index in [-0.39, 0.29) is 31.1 Å². The van der Waals surface area contributed by atoms with E-state index < -0.39 is 6.10 Å². The molecule has 356 valence electrons. The lowest BCUT2D eigenvalue weighted by molar-refractivity contribution is -0.167. The van der Waals surface area contributed by atoms with Gasteiger partial charge >= 0.3 is 17.9 Å². The average molecular weight is 857 g/mol. The van der Waals surface area contributed by atoms with Crippen molar-refractivity contribution >= 4 is 17.9 Å². The number of carbonyl (C=O) groups excluding carboxylic acids is 3. The summed E-state index contributed by atoms with van der Waals surface area (Å²) in [7, 11) is 0. The summed E-state index contributed by atoms with van der Waals surface area (Å²) in [4.78, 5) is 38.0. The lowest BCUT2D eigenvalue weighted by Crippen LogP contribution is -2.30. The van der Waals surface area contributed by atoms with E-state index in [1.165, 1.54) is 148 Å². The molecule has 0 aromatic carbocycles. The summed E-state index contributed by atoms with van der Waals surface area (Å²) in [6.07, 6.45) is 58.4. The van der Waals surface area contributed by atoms with E-state index in [4.69, 9.17) is 14.2 Å². The Morgan fingerprint density at radius 1 is 0.344 bits per heavy atom. The van der Waals surface area contributed by atoms with Gasteiger partial charge in [-0.25, -0.2) is 0 Å². The molecule has 0 amide bonds. The zero-order valence-electron chi connectivity index (χ0n) is 40.7. The normalized spacial score (nSPS) is 12.2. The van der Waals surface area contributed by atoms with Gasteiger partial charge in [0, 0.05) is 19.3 Å². The molecule has 6 heteroatoms. The molecule has 0 aromatic heterocycles. The molecule has 0 aliphatic carbocycles. The van der Waals surface area contributed by atoms with Crippen molar-refractivity contribution in [2.45, 2.75) is 284 Å². The fraction of sp³-hybridized carbons (Fsp3) is 0.836. The van der Waals surface area contributed by atoms with Gasteiger partial charge in [-0.2, -0.15) is 0 Å². The van der Waals surface area contributed by atoms with Crippen molar-refractivity contribution in [2.75, 3.05) is 13.2 Å². The molecule has 0 aromatic rings. The van der Waals surface area contributed by atoms with Crippen molar-refractivity contribution in [3.8, 4) is 0 Å². The fourth-order valence-electron chi connectivity index (χ4n) is 7.65. The van der Waals surface area contributed by atoms with Gasteiger partial charge in [0.05, 0.1) is 0 Å². The van der Waals surface area contributed by atoms with Crippen LogP contribution in [0.2, 0.25) is 0 Å². The minimum atomic E-state index is -0.777. The lowest BCUT2D eigenvalue weighted by atomic mass is 10.0. The van der Waals surface area contributed by atoms with Gasteiger partial charge in [0.15, 0.2) is 6.10 Å². The zero-order valence-corrected chi connectivity index (χ0v) is 40.7. The molecular formula is C55H100O6. The number of rotatable bonds is 48. The summed E-state index contributed by atoms with van der Waals surface area (Å²) in [5, 5.41) is 0. The molecule has 61 heavy (non-hydrogen) atoms. The molecule has 0 spiro atoms. The number of hydrogen-bond acceptors (Lipinski definition) is 6. The van der Waals surface area contributed by atoms with Crippen molar-refractivity contribution in [3.63, 3.8) is 0 Å². The summed E-state index contributed by atoms with van der Waals surface area (Å²) >= 11 is 0. The highest BCUT2D eigenvalue weighted by molar-refractivity contribution is 5.71. The van der Waals surface area contributed by atoms with E-state index in [2.05, 4.69) is 57.2 Å². The van der Waals surface area contributed by atoms with Crippen LogP contribution in [0.25, 0.3) is 0 Å². The molecule has 0 rings (SSSR count). The lowest BCUT2D eigenvalue weighted by Gasteiger charge is -2.18. The summed E-state index contributed by atoms with van der Waals surface area (Å²) in [5.74, 6) is -0.889. The number of allylic oxidation sites excluding steroid dienone is 6. The Kier molecular flexibility index (Phi) is 48.3. The highest BCUT2D eigenvalue weighted by Gasteiger charge is 2.19. The molecule has 0 aliphatic rings. The summed E-state index contributed by atoms with van der Waals surface area (Å²) in [6, 6.07) is 0. The van der Waals surface area contributed by atoms with Gasteiger partial charge in [-0.15, -0.1) is 0 Å². The van der Waals surface area contributed by atoms with Crippen LogP contribution in [0, 0.1) is 0 Å². The minimum Gasteiger partial charge on any atom is -0.462 e. The molecular weight excluding hydrogens is 757 g/mol. The molecule has 0 N–H and O–H groups in total. The molecule has 6 nitrogen and oxygen atoms in total. The van der Waals surface area contributed by atoms with Gasteiger partial charge in [0.25, 0.3) is 0 Å². The van der Waals surface area contributed by atoms with Crippen LogP contribution in [0.4, 0.5) is 0 Å². The van der Waals surface area contributed by atoms with Crippen molar-refractivity contribution in [1.82, 2.24) is 0 Å². The predicted molar refractivity (Wildman–Crippen MR) is 261 cm³/mol. The molecule has 1 atom stereocenters. The summed E-state index contributed by atoms with van der Waals surface area (Å²) < 4.78 is 16.8. The van der Waals surface area contributed by atoms with E-state index in [0.717, 1.165) is 89.9 Å². The molecule has 0 fully saturated rings. The largest absolute Gasteiger partial charge is 0.462 e. The Labute approximate surface area is 378 Å². The number of carbonyl (C=O) groups is 3. The smallest absolute Gasteiger partial charge is 0.306 e. The number of unbranched alkanes of at least 4 members (excludes halogenated alkanes) is 31. The van der Waals surface area contributed by atoms with Crippen LogP contribution in [0.5, 0.6) is 0 Å². The van der Waals surface area contributed by atoms with Gasteiger partial charge in [-0.3, -0.25) is 14.4 Å². The quantitative estimate of drug-likeness (QED) is 0.0262. The van der Waals surface area contributed by atoms with Crippen LogP contribution in [-0.2, 0) is 28.6 Å². The molecule has 0 saturated heterocycles. The minimum absolute atomic E-state index is 0.0781. The van der Waals surface area contributed by atoms with Gasteiger partial charge in [0.1, 0.15) is 13.2 Å². The van der Waals surface area contributed by atoms with Gasteiger partial charge in [-0.1, -0.05) is 224 Å². The topological polar surface area (TPSA) is 78.9 Å². The van der Waals surface area contributed by atoms with Gasteiger partial charge < -0.3 is 14.2 Å². The van der Waals surface area contributed by atoms with E-state index in [9.17, 15) is 14.4 Å². The Balaban J connectivity index is 4.36. The summed E-state index contributed by atoms with van der Waals surface area (Å²) in [6.45, 7) is 6.53. The molecule has 0 aliphatic heterocycles. The van der Waals surface area contributed by atoms with Crippen LogP contribution in [0.15, 0.2) is 36.5 Å². The first-order valence-corrected chi connectivity index (χ1v) is 26.5. The van der Waals surface area contributed by atoms with Crippen molar-refractivity contribution < 1.29 is 28.6 Å². The number of hydrogen-bond donors (Lipinski definition) is 0. The SMILES string of the molecule is CC/C=C\C/C=C\CCCCCCCC(=O)OCC(COC(=O)CCCCCCC/C=C\CCCCCCCCC)OC(=O)CCCCCCCCCCCCCCCCC. The Bertz CT molecular complexity index is 1030. The first kappa shape index (κ1) is 58.6. The Morgan fingerprint density at radius 2 is 0.639 bits per heavy atom. The van der Waals surface area contributed by atoms with Crippen LogP contribution in [0.3, 0.4) is 0 Å². The van der Waals surface area contributed by atoms with E-state index in [1.807, 2.05) is 0 Å². The molecule has 0 saturated carbocycles. The highest BCUT2D eigenvalue weighted by Crippen LogP contribution is 2.16. The fourth-order valence-corrected chi connectivity index (χ4v) is 7.65. The zero-order chi connectivity index (χ0) is 44.4. The van der Waals surface area contributed by atoms with Crippen LogP contribution >= 0.6 is 0 Å². The molecule has 0 bridgehead atoms. The maximum Gasteiger partial charge on any atom is 0.306 e. The Hall–Kier alpha value is -2.37. The monoisotopic (exact) mass is 857 g/mol. The van der Waals surface area contributed by atoms with Crippen LogP contribution in [-0.4, -0.2) is 37.2 Å². The highest BCUT2D eigenvalue weighted by atomic mass is 16.6. The predicted octanol–water partition coefficient (Wildman–Crippen LogP) is 17.3. The van der Waals surface area contributed by atoms with E-state index >= 15 is 0 Å². The maximum atomic E-state index is 12.8. The maximum absolute atomic E-state index is 12.8. The summed E-state index contributed by atoms with van der Waals surface area (Å²) in [5.41, 5.74) is 0. The second-order valence-electron chi connectivity index (χ2n) is 17.8. The van der Waals surface area contributed by atoms with Crippen molar-refractivity contribution in [2.24, 2.45) is 0 Å². The third kappa shape index (κ3) is 48.5. The van der Waals surface area contributed by atoms with Crippen LogP contribution in [0.1, 0.15) is 278 Å². The second kappa shape index (κ2) is 50.3. The van der Waals surface area contributed by atoms with Crippen molar-refractivity contribution in [1.29, 1.82) is 0 Å². The Morgan fingerprint density at radius 3 is 1.00 bits per heavy atom. The van der Waals surface area contributed by atoms with Crippen molar-refractivity contribution in [3.05, 3.63) is 36.5 Å². The van der Waals surface area contributed by atoms with Gasteiger partial charge in [-0.05, 0) is 70.6 Å². The van der Waals surface area contributed by atoms with Gasteiger partial charge in [0.2, 0.25) is 0 Å². The second-order valence-corrected chi connectivity index (χ2v) is 17.8. The van der Waals surface area contributed by atoms with E-state index in [0.29, 0.717) is 19.3 Å².